The van der Waals surface area contributed by atoms with Crippen molar-refractivity contribution in [3.63, 3.8) is 0 Å². The number of nitrogens with one attached hydrogen (secondary N) is 2. The molecule has 2 aromatic rings. The van der Waals surface area contributed by atoms with Crippen molar-refractivity contribution in [2.75, 3.05) is 10.7 Å². The number of amides is 1. The van der Waals surface area contributed by atoms with Crippen molar-refractivity contribution in [1.29, 1.82) is 0 Å². The summed E-state index contributed by atoms with van der Waals surface area (Å²) in [5.74, 6) is 4.16. The fourth-order valence-corrected chi connectivity index (χ4v) is 1.85. The number of anilines is 2. The van der Waals surface area contributed by atoms with Crippen LogP contribution in [0.4, 0.5) is 15.8 Å². The highest BCUT2D eigenvalue weighted by atomic mass is 79.9. The van der Waals surface area contributed by atoms with E-state index in [9.17, 15) is 9.18 Å². The number of nitrogens with zero attached hydrogens (tertiary/aromatic N) is 1. The minimum atomic E-state index is -0.525. The molecule has 0 saturated carbocycles. The van der Waals surface area contributed by atoms with Crippen molar-refractivity contribution in [1.82, 2.24) is 4.98 Å². The fourth-order valence-electron chi connectivity index (χ4n) is 1.41. The molecule has 1 heterocycles. The third-order valence-electron chi connectivity index (χ3n) is 2.36. The Morgan fingerprint density at radius 1 is 1.32 bits per heavy atom. The number of pyridine rings is 1. The van der Waals surface area contributed by atoms with E-state index in [0.717, 1.165) is 0 Å². The van der Waals surface area contributed by atoms with Gasteiger partial charge in [0.05, 0.1) is 17.6 Å². The van der Waals surface area contributed by atoms with E-state index in [2.05, 4.69) is 31.7 Å². The number of carbonyl (C=O) groups excluding carboxylic acids is 1. The molecular weight excluding hydrogens is 315 g/mol. The van der Waals surface area contributed by atoms with Crippen LogP contribution in [0.1, 0.15) is 10.5 Å². The summed E-state index contributed by atoms with van der Waals surface area (Å²) in [6.45, 7) is 0. The highest BCUT2D eigenvalue weighted by Crippen LogP contribution is 2.25. The minimum Gasteiger partial charge on any atom is -0.323 e. The third kappa shape index (κ3) is 3.07. The number of nitrogens with two attached hydrogens (primary N) is 1. The van der Waals surface area contributed by atoms with Crippen LogP contribution in [-0.2, 0) is 0 Å². The van der Waals surface area contributed by atoms with Crippen LogP contribution in [0.3, 0.4) is 0 Å². The summed E-state index contributed by atoms with van der Waals surface area (Å²) in [4.78, 5) is 15.8. The molecule has 0 aliphatic heterocycles. The Bertz CT molecular complexity index is 583. The predicted molar refractivity (Wildman–Crippen MR) is 74.1 cm³/mol. The zero-order chi connectivity index (χ0) is 13.8. The molecule has 0 fully saturated rings. The van der Waals surface area contributed by atoms with Crippen LogP contribution >= 0.6 is 15.9 Å². The lowest BCUT2D eigenvalue weighted by molar-refractivity contribution is 0.102. The van der Waals surface area contributed by atoms with Crippen molar-refractivity contribution >= 4 is 33.2 Å². The number of hydrogen-bond acceptors (Lipinski definition) is 4. The normalized spacial score (nSPS) is 10.1. The maximum Gasteiger partial charge on any atom is 0.274 e. The summed E-state index contributed by atoms with van der Waals surface area (Å²) < 4.78 is 14.0. The summed E-state index contributed by atoms with van der Waals surface area (Å²) in [5, 5.41) is 2.46. The third-order valence-corrected chi connectivity index (χ3v) is 3.02. The van der Waals surface area contributed by atoms with Gasteiger partial charge in [-0.1, -0.05) is 6.07 Å². The molecule has 19 heavy (non-hydrogen) atoms. The van der Waals surface area contributed by atoms with E-state index in [4.69, 9.17) is 5.84 Å². The number of benzene rings is 1. The van der Waals surface area contributed by atoms with Crippen molar-refractivity contribution in [2.24, 2.45) is 5.84 Å². The first-order valence-electron chi connectivity index (χ1n) is 5.30. The average Bonchev–Trinajstić information content (AvgIpc) is 2.43. The number of hydrazine groups is 1. The second-order valence-electron chi connectivity index (χ2n) is 3.63. The van der Waals surface area contributed by atoms with Crippen LogP contribution in [0.5, 0.6) is 0 Å². The summed E-state index contributed by atoms with van der Waals surface area (Å²) in [6, 6.07) is 7.51. The van der Waals surface area contributed by atoms with Crippen LogP contribution in [-0.4, -0.2) is 10.9 Å². The van der Waals surface area contributed by atoms with Gasteiger partial charge in [-0.25, -0.2) is 9.37 Å². The number of para-hydroxylation sites is 1. The first kappa shape index (κ1) is 13.4. The topological polar surface area (TPSA) is 80.0 Å². The zero-order valence-electron chi connectivity index (χ0n) is 9.65. The Balaban J connectivity index is 2.20. The van der Waals surface area contributed by atoms with Gasteiger partial charge < -0.3 is 10.7 Å². The van der Waals surface area contributed by atoms with Gasteiger partial charge in [0.2, 0.25) is 0 Å². The maximum atomic E-state index is 13.6. The first-order valence-corrected chi connectivity index (χ1v) is 6.09. The highest BCUT2D eigenvalue weighted by molar-refractivity contribution is 9.10. The molecule has 0 radical (unpaired) electrons. The molecule has 0 aliphatic rings. The van der Waals surface area contributed by atoms with E-state index in [-0.39, 0.29) is 11.4 Å². The van der Waals surface area contributed by atoms with Gasteiger partial charge in [0.15, 0.2) is 0 Å². The Morgan fingerprint density at radius 2 is 2.11 bits per heavy atom. The minimum absolute atomic E-state index is 0.0790. The van der Waals surface area contributed by atoms with E-state index in [1.807, 2.05) is 0 Å². The molecule has 1 aromatic heterocycles. The van der Waals surface area contributed by atoms with Gasteiger partial charge >= 0.3 is 0 Å². The van der Waals surface area contributed by atoms with Crippen molar-refractivity contribution < 1.29 is 9.18 Å². The van der Waals surface area contributed by atoms with Crippen molar-refractivity contribution in [3.05, 3.63) is 52.5 Å². The molecule has 0 bridgehead atoms. The number of nitrogen functional groups attached to an aromatic ring is 1. The quantitative estimate of drug-likeness (QED) is 0.598. The Labute approximate surface area is 117 Å². The lowest BCUT2D eigenvalue weighted by atomic mass is 10.2. The zero-order valence-corrected chi connectivity index (χ0v) is 11.2. The van der Waals surface area contributed by atoms with Gasteiger partial charge in [-0.2, -0.15) is 0 Å². The monoisotopic (exact) mass is 324 g/mol. The van der Waals surface area contributed by atoms with Gasteiger partial charge in [0.1, 0.15) is 11.5 Å². The Hall–Kier alpha value is -1.99. The lowest BCUT2D eigenvalue weighted by Crippen LogP contribution is -2.15. The van der Waals surface area contributed by atoms with Gasteiger partial charge in [0.25, 0.3) is 5.91 Å². The number of hydrogen-bond donors (Lipinski definition) is 3. The predicted octanol–water partition coefficient (Wildman–Crippen LogP) is 2.52. The van der Waals surface area contributed by atoms with Gasteiger partial charge in [0, 0.05) is 4.47 Å². The molecule has 98 valence electrons. The van der Waals surface area contributed by atoms with Gasteiger partial charge in [-0.15, -0.1) is 0 Å². The standard InChI is InChI=1S/C12H10BrFN4O/c13-8-2-1-3-9(14)11(8)17-12(19)10-5-4-7(18-15)6-16-10/h1-6,18H,15H2,(H,17,19). The van der Waals surface area contributed by atoms with Gasteiger partial charge in [-0.3, -0.25) is 10.6 Å². The number of halogens is 2. The van der Waals surface area contributed by atoms with E-state index in [1.165, 1.54) is 24.4 Å². The van der Waals surface area contributed by atoms with E-state index in [1.54, 1.807) is 12.1 Å². The van der Waals surface area contributed by atoms with Crippen LogP contribution in [0.2, 0.25) is 0 Å². The molecule has 1 amide bonds. The van der Waals surface area contributed by atoms with Crippen LogP contribution in [0.15, 0.2) is 41.0 Å². The number of rotatable bonds is 3. The lowest BCUT2D eigenvalue weighted by Gasteiger charge is -2.08. The molecule has 0 unspecified atom stereocenters. The summed E-state index contributed by atoms with van der Waals surface area (Å²) in [5.41, 5.74) is 3.21. The molecule has 0 spiro atoms. The summed E-state index contributed by atoms with van der Waals surface area (Å²) in [6.07, 6.45) is 1.41. The molecule has 0 saturated heterocycles. The molecular formula is C12H10BrFN4O. The Morgan fingerprint density at radius 3 is 2.68 bits per heavy atom. The number of aromatic nitrogens is 1. The summed E-state index contributed by atoms with van der Waals surface area (Å²) in [7, 11) is 0. The fraction of sp³-hybridized carbons (Fsp3) is 0. The second-order valence-corrected chi connectivity index (χ2v) is 4.48. The van der Waals surface area contributed by atoms with E-state index in [0.29, 0.717) is 10.2 Å². The molecule has 2 rings (SSSR count). The first-order chi connectivity index (χ1) is 9.11. The SMILES string of the molecule is NNc1ccc(C(=O)Nc2c(F)cccc2Br)nc1. The highest BCUT2D eigenvalue weighted by Gasteiger charge is 2.12. The van der Waals surface area contributed by atoms with Crippen LogP contribution in [0, 0.1) is 5.82 Å². The molecule has 0 aliphatic carbocycles. The molecule has 4 N–H and O–H groups in total. The molecule has 1 aromatic carbocycles. The average molecular weight is 325 g/mol. The molecule has 5 nitrogen and oxygen atoms in total. The molecule has 0 atom stereocenters. The van der Waals surface area contributed by atoms with E-state index >= 15 is 0 Å². The van der Waals surface area contributed by atoms with Crippen LogP contribution < -0.4 is 16.6 Å². The number of carbonyl (C=O) groups is 1. The second kappa shape index (κ2) is 5.77. The Kier molecular flexibility index (Phi) is 4.08. The van der Waals surface area contributed by atoms with Crippen molar-refractivity contribution in [3.8, 4) is 0 Å². The largest absolute Gasteiger partial charge is 0.323 e. The van der Waals surface area contributed by atoms with Crippen LogP contribution in [0.25, 0.3) is 0 Å². The maximum absolute atomic E-state index is 13.6. The summed E-state index contributed by atoms with van der Waals surface area (Å²) >= 11 is 3.17. The van der Waals surface area contributed by atoms with Gasteiger partial charge in [-0.05, 0) is 40.2 Å². The smallest absolute Gasteiger partial charge is 0.274 e. The van der Waals surface area contributed by atoms with Crippen molar-refractivity contribution in [2.45, 2.75) is 0 Å². The van der Waals surface area contributed by atoms with E-state index < -0.39 is 11.7 Å². The molecule has 7 heteroatoms.